The normalized spacial score (nSPS) is 10.6. The molecule has 2 aromatic heterocycles. The van der Waals surface area contributed by atoms with Crippen molar-refractivity contribution in [2.45, 2.75) is 8.42 Å². The Bertz CT molecular complexity index is 726. The second-order valence-corrected chi connectivity index (χ2v) is 9.22. The number of aldehydes is 1. The van der Waals surface area contributed by atoms with E-state index in [2.05, 4.69) is 0 Å². The van der Waals surface area contributed by atoms with Gasteiger partial charge in [-0.1, -0.05) is 0 Å². The quantitative estimate of drug-likeness (QED) is 0.662. The SMILES string of the molecule is CS(=O)(=O)c1ccc(C(=O)O)s1.CSc1ccc(C=O)s1. The third-order valence-electron chi connectivity index (χ3n) is 2.08. The minimum absolute atomic E-state index is 0.0374. The Morgan fingerprint density at radius 2 is 1.90 bits per heavy atom. The van der Waals surface area contributed by atoms with Gasteiger partial charge in [0.05, 0.1) is 9.09 Å². The molecule has 0 saturated heterocycles. The van der Waals surface area contributed by atoms with E-state index in [-0.39, 0.29) is 9.09 Å². The topological polar surface area (TPSA) is 88.5 Å². The first-order valence-corrected chi connectivity index (χ1v) is 10.1. The molecule has 114 valence electrons. The van der Waals surface area contributed by atoms with Crippen LogP contribution in [0.1, 0.15) is 19.3 Å². The van der Waals surface area contributed by atoms with Crippen molar-refractivity contribution in [2.24, 2.45) is 0 Å². The third kappa shape index (κ3) is 5.62. The fourth-order valence-corrected chi connectivity index (χ4v) is 4.29. The molecule has 0 unspecified atom stereocenters. The van der Waals surface area contributed by atoms with Crippen molar-refractivity contribution in [3.05, 3.63) is 34.0 Å². The first-order valence-electron chi connectivity index (χ1n) is 5.40. The molecule has 21 heavy (non-hydrogen) atoms. The molecule has 1 N–H and O–H groups in total. The van der Waals surface area contributed by atoms with Crippen molar-refractivity contribution in [3.8, 4) is 0 Å². The number of hydrogen-bond acceptors (Lipinski definition) is 7. The van der Waals surface area contributed by atoms with Gasteiger partial charge in [-0.2, -0.15) is 0 Å². The van der Waals surface area contributed by atoms with E-state index in [1.807, 2.05) is 18.4 Å². The van der Waals surface area contributed by atoms with Crippen LogP contribution in [-0.2, 0) is 9.84 Å². The van der Waals surface area contributed by atoms with Gasteiger partial charge >= 0.3 is 5.97 Å². The number of aromatic carboxylic acids is 1. The summed E-state index contributed by atoms with van der Waals surface area (Å²) in [7, 11) is -3.26. The van der Waals surface area contributed by atoms with Crippen LogP contribution in [0.4, 0.5) is 0 Å². The van der Waals surface area contributed by atoms with Gasteiger partial charge in [0.2, 0.25) is 0 Å². The highest BCUT2D eigenvalue weighted by Gasteiger charge is 2.13. The number of carboxylic acid groups (broad SMARTS) is 1. The molecule has 0 aliphatic rings. The number of carboxylic acids is 1. The molecule has 0 radical (unpaired) electrons. The first kappa shape index (κ1) is 17.9. The lowest BCUT2D eigenvalue weighted by atomic mass is 10.5. The van der Waals surface area contributed by atoms with Gasteiger partial charge < -0.3 is 5.11 Å². The second-order valence-electron chi connectivity index (χ2n) is 3.67. The molecule has 0 saturated carbocycles. The van der Waals surface area contributed by atoms with Crippen LogP contribution in [0, 0.1) is 0 Å². The summed E-state index contributed by atoms with van der Waals surface area (Å²) in [5.41, 5.74) is 0. The van der Waals surface area contributed by atoms with Gasteiger partial charge in [-0.15, -0.1) is 34.4 Å². The summed E-state index contributed by atoms with van der Waals surface area (Å²) < 4.78 is 23.0. The lowest BCUT2D eigenvalue weighted by molar-refractivity contribution is 0.0702. The van der Waals surface area contributed by atoms with E-state index >= 15 is 0 Å². The molecule has 0 aliphatic carbocycles. The van der Waals surface area contributed by atoms with E-state index in [1.165, 1.54) is 27.7 Å². The maximum atomic E-state index is 10.9. The van der Waals surface area contributed by atoms with Gasteiger partial charge in [0, 0.05) is 6.26 Å². The zero-order valence-electron chi connectivity index (χ0n) is 11.1. The summed E-state index contributed by atoms with van der Waals surface area (Å²) >= 11 is 3.95. The molecule has 0 atom stereocenters. The molecule has 5 nitrogen and oxygen atoms in total. The summed E-state index contributed by atoms with van der Waals surface area (Å²) in [5, 5.41) is 8.48. The van der Waals surface area contributed by atoms with Crippen molar-refractivity contribution >= 4 is 56.5 Å². The molecule has 0 amide bonds. The van der Waals surface area contributed by atoms with Crippen LogP contribution < -0.4 is 0 Å². The summed E-state index contributed by atoms with van der Waals surface area (Å²) in [6, 6.07) is 6.37. The lowest BCUT2D eigenvalue weighted by Crippen LogP contribution is -1.93. The van der Waals surface area contributed by atoms with Gasteiger partial charge in [-0.25, -0.2) is 13.2 Å². The van der Waals surface area contributed by atoms with Crippen LogP contribution in [0.25, 0.3) is 0 Å². The van der Waals surface area contributed by atoms with E-state index in [0.29, 0.717) is 0 Å². The Morgan fingerprint density at radius 3 is 2.19 bits per heavy atom. The summed E-state index contributed by atoms with van der Waals surface area (Å²) in [4.78, 5) is 21.3. The van der Waals surface area contributed by atoms with Crippen molar-refractivity contribution in [1.29, 1.82) is 0 Å². The lowest BCUT2D eigenvalue weighted by Gasteiger charge is -1.88. The summed E-state index contributed by atoms with van der Waals surface area (Å²) in [6.07, 6.45) is 3.93. The Balaban J connectivity index is 0.000000219. The molecule has 9 heteroatoms. The number of thiophene rings is 2. The highest BCUT2D eigenvalue weighted by molar-refractivity contribution is 8.00. The summed E-state index contributed by atoms with van der Waals surface area (Å²) in [6.45, 7) is 0. The Labute approximate surface area is 134 Å². The number of thioether (sulfide) groups is 1. The number of sulfone groups is 1. The van der Waals surface area contributed by atoms with E-state index in [9.17, 15) is 18.0 Å². The number of rotatable bonds is 4. The van der Waals surface area contributed by atoms with Gasteiger partial charge in [0.15, 0.2) is 16.1 Å². The van der Waals surface area contributed by atoms with Crippen LogP contribution in [0.5, 0.6) is 0 Å². The third-order valence-corrected chi connectivity index (χ3v) is 7.06. The minimum Gasteiger partial charge on any atom is -0.477 e. The highest BCUT2D eigenvalue weighted by atomic mass is 32.2. The Morgan fingerprint density at radius 1 is 1.24 bits per heavy atom. The molecule has 0 spiro atoms. The van der Waals surface area contributed by atoms with Crippen LogP contribution in [0.3, 0.4) is 0 Å². The summed E-state index contributed by atoms with van der Waals surface area (Å²) in [5.74, 6) is -1.10. The molecule has 0 bridgehead atoms. The minimum atomic E-state index is -3.26. The van der Waals surface area contributed by atoms with Crippen LogP contribution in [-0.4, -0.2) is 38.3 Å². The van der Waals surface area contributed by atoms with Crippen LogP contribution >= 0.6 is 34.4 Å². The Hall–Kier alpha value is -1.16. The van der Waals surface area contributed by atoms with E-state index < -0.39 is 15.8 Å². The van der Waals surface area contributed by atoms with Crippen molar-refractivity contribution in [1.82, 2.24) is 0 Å². The molecule has 0 fully saturated rings. The van der Waals surface area contributed by atoms with Crippen LogP contribution in [0.2, 0.25) is 0 Å². The zero-order valence-corrected chi connectivity index (χ0v) is 14.4. The van der Waals surface area contributed by atoms with Crippen molar-refractivity contribution in [2.75, 3.05) is 12.5 Å². The first-order chi connectivity index (χ1) is 9.77. The monoisotopic (exact) mass is 364 g/mol. The number of carbonyl (C=O) groups is 2. The zero-order chi connectivity index (χ0) is 16.0. The molecule has 0 aromatic carbocycles. The van der Waals surface area contributed by atoms with Crippen molar-refractivity contribution < 1.29 is 23.1 Å². The molecule has 0 aliphatic heterocycles. The fraction of sp³-hybridized carbons (Fsp3) is 0.167. The average molecular weight is 364 g/mol. The second kappa shape index (κ2) is 7.74. The van der Waals surface area contributed by atoms with Crippen LogP contribution in [0.15, 0.2) is 32.7 Å². The van der Waals surface area contributed by atoms with E-state index in [1.54, 1.807) is 11.8 Å². The van der Waals surface area contributed by atoms with E-state index in [4.69, 9.17) is 5.11 Å². The Kier molecular flexibility index (Phi) is 6.59. The largest absolute Gasteiger partial charge is 0.477 e. The predicted molar refractivity (Wildman–Crippen MR) is 85.9 cm³/mol. The molecular formula is C12H12O5S4. The number of hydrogen-bond donors (Lipinski definition) is 1. The maximum absolute atomic E-state index is 10.9. The van der Waals surface area contributed by atoms with Gasteiger partial charge in [0.25, 0.3) is 0 Å². The van der Waals surface area contributed by atoms with Gasteiger partial charge in [0.1, 0.15) is 9.09 Å². The number of carbonyl (C=O) groups excluding carboxylic acids is 1. The highest BCUT2D eigenvalue weighted by Crippen LogP contribution is 2.23. The smallest absolute Gasteiger partial charge is 0.345 e. The van der Waals surface area contributed by atoms with Gasteiger partial charge in [-0.05, 0) is 30.5 Å². The van der Waals surface area contributed by atoms with Gasteiger partial charge in [-0.3, -0.25) is 4.79 Å². The fourth-order valence-electron chi connectivity index (χ4n) is 1.14. The van der Waals surface area contributed by atoms with E-state index in [0.717, 1.165) is 28.8 Å². The molecule has 2 aromatic rings. The average Bonchev–Trinajstić information content (AvgIpc) is 3.07. The molecule has 2 rings (SSSR count). The predicted octanol–water partition coefficient (Wildman–Crippen LogP) is 3.13. The maximum Gasteiger partial charge on any atom is 0.345 e. The van der Waals surface area contributed by atoms with Crippen molar-refractivity contribution in [3.63, 3.8) is 0 Å². The standard InChI is InChI=1S/C6H6O4S2.C6H6OS2/c1-12(9,10)5-3-2-4(11-5)6(7)8;1-8-6-3-2-5(4-7)9-6/h2-3H,1H3,(H,7,8);2-4H,1H3. The molecular weight excluding hydrogens is 352 g/mol. The molecule has 2 heterocycles.